The summed E-state index contributed by atoms with van der Waals surface area (Å²) in [6.07, 6.45) is 2.54. The summed E-state index contributed by atoms with van der Waals surface area (Å²) in [5.41, 5.74) is 0.223. The van der Waals surface area contributed by atoms with Crippen LogP contribution in [0, 0.1) is 0 Å². The van der Waals surface area contributed by atoms with Gasteiger partial charge in [-0.2, -0.15) is 4.98 Å². The van der Waals surface area contributed by atoms with E-state index in [1.807, 2.05) is 14.1 Å². The molecule has 0 bridgehead atoms. The quantitative estimate of drug-likeness (QED) is 0.190. The number of aromatic amines is 1. The number of aliphatic hydroxyl groups excluding tert-OH is 1. The Morgan fingerprint density at radius 2 is 2.46 bits per heavy atom. The average Bonchev–Trinajstić information content (AvgIpc) is 3.28. The van der Waals surface area contributed by atoms with Gasteiger partial charge in [0.2, 0.25) is 7.38 Å². The largest absolute Gasteiger partial charge is 0.394 e. The molecule has 1 aliphatic rings. The molecule has 1 fully saturated rings. The zero-order valence-corrected chi connectivity index (χ0v) is 17.5. The molecule has 28 heavy (non-hydrogen) atoms. The summed E-state index contributed by atoms with van der Waals surface area (Å²) in [6, 6.07) is 0. The lowest BCUT2D eigenvalue weighted by atomic mass is 10.2. The molecule has 0 aromatic carbocycles. The minimum atomic E-state index is -0.436. The molecular weight excluding hydrogens is 404 g/mol. The summed E-state index contributed by atoms with van der Waals surface area (Å²) in [5, 5.41) is 4.54. The Hall–Kier alpha value is -1.60. The van der Waals surface area contributed by atoms with Crippen molar-refractivity contribution in [2.45, 2.75) is 31.8 Å². The number of hydrogen-bond acceptors (Lipinski definition) is 9. The third-order valence-electron chi connectivity index (χ3n) is 4.02. The van der Waals surface area contributed by atoms with Crippen molar-refractivity contribution in [1.82, 2.24) is 24.4 Å². The molecule has 3 heterocycles. The van der Waals surface area contributed by atoms with Crippen molar-refractivity contribution in [3.05, 3.63) is 16.7 Å². The van der Waals surface area contributed by atoms with Crippen LogP contribution in [-0.4, -0.2) is 81.9 Å². The number of fused-ring (bicyclic) bond motifs is 1. The molecular formula is C16H24N6O4S2. The lowest BCUT2D eigenvalue weighted by Gasteiger charge is -2.15. The van der Waals surface area contributed by atoms with Gasteiger partial charge < -0.3 is 19.5 Å². The van der Waals surface area contributed by atoms with Gasteiger partial charge in [-0.05, 0) is 0 Å². The number of aliphatic imine (C=N–C) groups is 1. The second kappa shape index (κ2) is 9.74. The van der Waals surface area contributed by atoms with Gasteiger partial charge in [-0.1, -0.05) is 28.5 Å². The Morgan fingerprint density at radius 1 is 1.61 bits per heavy atom. The van der Waals surface area contributed by atoms with Gasteiger partial charge in [-0.15, -0.1) is 0 Å². The fraction of sp³-hybridized carbons (Fsp3) is 0.625. The standard InChI is InChI=1S/C16H24N6O4S2/c1-4-27-28-9-25-10-5-12(26-11(10)6-23)22-8-17-13-14(22)19-16(20-15(13)24)18-7-21(2)3/h7-8,10-12,23H,4-6,9H2,1-3H3,(H,19,20,24)/b18-7-/t10?,11-,12-/m1/s1/i23D. The first kappa shape index (κ1) is 19.7. The number of aromatic nitrogens is 4. The smallest absolute Gasteiger partial charge is 0.280 e. The zero-order chi connectivity index (χ0) is 20.8. The van der Waals surface area contributed by atoms with Crippen LogP contribution >= 0.6 is 21.6 Å². The van der Waals surface area contributed by atoms with Crippen molar-refractivity contribution in [1.29, 1.82) is 1.43 Å². The third kappa shape index (κ3) is 4.87. The number of nitrogens with one attached hydrogen (secondary N) is 1. The molecule has 1 aliphatic heterocycles. The average molecular weight is 430 g/mol. The van der Waals surface area contributed by atoms with Crippen LogP contribution in [0.1, 0.15) is 19.6 Å². The third-order valence-corrected chi connectivity index (χ3v) is 6.15. The van der Waals surface area contributed by atoms with Crippen molar-refractivity contribution in [2.75, 3.05) is 32.4 Å². The molecule has 0 saturated carbocycles. The lowest BCUT2D eigenvalue weighted by molar-refractivity contribution is -0.0532. The summed E-state index contributed by atoms with van der Waals surface area (Å²) in [5.74, 6) is 1.69. The van der Waals surface area contributed by atoms with Crippen LogP contribution < -0.4 is 5.56 Å². The van der Waals surface area contributed by atoms with Crippen LogP contribution in [-0.2, 0) is 9.47 Å². The molecule has 3 rings (SSSR count). The molecule has 0 spiro atoms. The fourth-order valence-corrected chi connectivity index (χ4v) is 4.12. The number of aliphatic hydroxyl groups is 1. The summed E-state index contributed by atoms with van der Waals surface area (Å²) >= 11 is 0. The van der Waals surface area contributed by atoms with Gasteiger partial charge in [0, 0.05) is 26.3 Å². The van der Waals surface area contributed by atoms with Crippen molar-refractivity contribution < 1.29 is 14.6 Å². The predicted molar refractivity (Wildman–Crippen MR) is 111 cm³/mol. The van der Waals surface area contributed by atoms with E-state index < -0.39 is 12.3 Å². The summed E-state index contributed by atoms with van der Waals surface area (Å²) in [7, 11) is 6.99. The van der Waals surface area contributed by atoms with E-state index in [0.29, 0.717) is 18.0 Å². The second-order valence-electron chi connectivity index (χ2n) is 6.30. The summed E-state index contributed by atoms with van der Waals surface area (Å²) in [6.45, 7) is 2.17. The van der Waals surface area contributed by atoms with Gasteiger partial charge in [0.25, 0.3) is 5.56 Å². The maximum absolute atomic E-state index is 12.3. The Kier molecular flexibility index (Phi) is 6.86. The van der Waals surface area contributed by atoms with Crippen LogP contribution in [0.25, 0.3) is 11.2 Å². The molecule has 154 valence electrons. The minimum Gasteiger partial charge on any atom is -0.394 e. The van der Waals surface area contributed by atoms with E-state index in [1.165, 1.54) is 6.33 Å². The first-order valence-electron chi connectivity index (χ1n) is 9.21. The molecule has 0 radical (unpaired) electrons. The van der Waals surface area contributed by atoms with E-state index in [1.54, 1.807) is 37.4 Å². The van der Waals surface area contributed by atoms with E-state index in [2.05, 4.69) is 32.0 Å². The van der Waals surface area contributed by atoms with Crippen LogP contribution in [0.2, 0.25) is 0 Å². The Balaban J connectivity index is 1.82. The molecule has 10 nitrogen and oxygen atoms in total. The number of hydrogen-bond donors (Lipinski definition) is 2. The SMILES string of the molecule is [2H]OC[C@H]1O[C@@H](n2cnc3c(=O)[nH]c(/N=C\N(C)C)nc32)CC1OCSSCC. The highest BCUT2D eigenvalue weighted by atomic mass is 33.1. The minimum absolute atomic E-state index is 0.0891. The van der Waals surface area contributed by atoms with Crippen molar-refractivity contribution >= 4 is 45.0 Å². The van der Waals surface area contributed by atoms with E-state index in [-0.39, 0.29) is 29.7 Å². The monoisotopic (exact) mass is 429 g/mol. The number of rotatable bonds is 10. The van der Waals surface area contributed by atoms with Crippen LogP contribution in [0.3, 0.4) is 0 Å². The first-order valence-corrected chi connectivity index (χ1v) is 11.3. The first-order chi connectivity index (χ1) is 14.0. The van der Waals surface area contributed by atoms with Crippen LogP contribution in [0.4, 0.5) is 5.95 Å². The normalized spacial score (nSPS) is 23.0. The van der Waals surface area contributed by atoms with E-state index in [0.717, 1.165) is 5.75 Å². The molecule has 2 N–H and O–H groups in total. The topological polar surface area (TPSA) is 118 Å². The van der Waals surface area contributed by atoms with Gasteiger partial charge in [-0.3, -0.25) is 14.3 Å². The highest BCUT2D eigenvalue weighted by Crippen LogP contribution is 2.33. The van der Waals surface area contributed by atoms with E-state index in [4.69, 9.17) is 10.9 Å². The Bertz CT molecular complexity index is 892. The highest BCUT2D eigenvalue weighted by Gasteiger charge is 2.37. The highest BCUT2D eigenvalue weighted by molar-refractivity contribution is 8.76. The number of nitrogens with zero attached hydrogens (tertiary/aromatic N) is 5. The van der Waals surface area contributed by atoms with E-state index in [9.17, 15) is 4.79 Å². The molecule has 1 unspecified atom stereocenters. The maximum atomic E-state index is 12.3. The number of ether oxygens (including phenoxy) is 2. The van der Waals surface area contributed by atoms with Crippen molar-refractivity contribution in [3.63, 3.8) is 0 Å². The van der Waals surface area contributed by atoms with E-state index >= 15 is 0 Å². The molecule has 2 aromatic heterocycles. The van der Waals surface area contributed by atoms with Crippen LogP contribution in [0.15, 0.2) is 16.1 Å². The predicted octanol–water partition coefficient (Wildman–Crippen LogP) is 1.36. The molecule has 2 aromatic rings. The van der Waals surface area contributed by atoms with Gasteiger partial charge in [0.1, 0.15) is 18.3 Å². The number of imidazole rings is 1. The summed E-state index contributed by atoms with van der Waals surface area (Å²) in [4.78, 5) is 29.4. The molecule has 12 heteroatoms. The van der Waals surface area contributed by atoms with Crippen LogP contribution in [0.5, 0.6) is 0 Å². The van der Waals surface area contributed by atoms with Gasteiger partial charge in [0.05, 0.1) is 25.4 Å². The number of H-pyrrole nitrogens is 1. The fourth-order valence-electron chi connectivity index (χ4n) is 2.79. The molecule has 0 amide bonds. The van der Waals surface area contributed by atoms with Crippen molar-refractivity contribution in [3.8, 4) is 0 Å². The maximum Gasteiger partial charge on any atom is 0.280 e. The van der Waals surface area contributed by atoms with Gasteiger partial charge >= 0.3 is 0 Å². The Morgan fingerprint density at radius 3 is 3.21 bits per heavy atom. The Labute approximate surface area is 171 Å². The lowest BCUT2D eigenvalue weighted by Crippen LogP contribution is -2.27. The zero-order valence-electron chi connectivity index (χ0n) is 16.9. The second-order valence-corrected chi connectivity index (χ2v) is 9.00. The summed E-state index contributed by atoms with van der Waals surface area (Å²) < 4.78 is 20.7. The molecule has 0 aliphatic carbocycles. The molecule has 3 atom stereocenters. The van der Waals surface area contributed by atoms with Gasteiger partial charge in [0.15, 0.2) is 11.2 Å². The van der Waals surface area contributed by atoms with Crippen molar-refractivity contribution in [2.24, 2.45) is 4.99 Å². The molecule has 1 saturated heterocycles. The van der Waals surface area contributed by atoms with Gasteiger partial charge in [-0.25, -0.2) is 9.98 Å².